The van der Waals surface area contributed by atoms with Gasteiger partial charge in [-0.05, 0) is 67.1 Å². The van der Waals surface area contributed by atoms with E-state index in [4.69, 9.17) is 4.74 Å². The topological polar surface area (TPSA) is 75.7 Å². The van der Waals surface area contributed by atoms with Gasteiger partial charge in [0.2, 0.25) is 0 Å². The maximum Gasteiger partial charge on any atom is 0.416 e. The highest BCUT2D eigenvalue weighted by atomic mass is 19.4. The third kappa shape index (κ3) is 4.50. The second-order valence-electron chi connectivity index (χ2n) is 7.51. The Morgan fingerprint density at radius 3 is 2.32 bits per heavy atom. The largest absolute Gasteiger partial charge is 0.494 e. The number of nitrogens with one attached hydrogen (secondary N) is 1. The van der Waals surface area contributed by atoms with E-state index in [2.05, 4.69) is 5.32 Å². The van der Waals surface area contributed by atoms with Crippen molar-refractivity contribution in [3.8, 4) is 5.75 Å². The molecule has 3 amide bonds. The van der Waals surface area contributed by atoms with Gasteiger partial charge < -0.3 is 10.1 Å². The number of hydrogen-bond donors (Lipinski definition) is 1. The Kier molecular flexibility index (Phi) is 6.10. The average molecular weight is 468 g/mol. The van der Waals surface area contributed by atoms with E-state index in [9.17, 15) is 27.6 Å². The SMILES string of the molecule is CCOc1ccc(N2C(=O)c3ccc(C(=O)NCc4cccc(C(F)(F)F)c4)cc3C2=O)cc1. The number of carbonyl (C=O) groups is 3. The number of amides is 3. The van der Waals surface area contributed by atoms with Gasteiger partial charge in [-0.25, -0.2) is 4.90 Å². The van der Waals surface area contributed by atoms with Crippen LogP contribution >= 0.6 is 0 Å². The lowest BCUT2D eigenvalue weighted by molar-refractivity contribution is -0.137. The molecule has 174 valence electrons. The summed E-state index contributed by atoms with van der Waals surface area (Å²) in [6, 6.07) is 15.2. The fraction of sp³-hybridized carbons (Fsp3) is 0.160. The second-order valence-corrected chi connectivity index (χ2v) is 7.51. The van der Waals surface area contributed by atoms with Crippen LogP contribution in [-0.4, -0.2) is 24.3 Å². The van der Waals surface area contributed by atoms with Crippen molar-refractivity contribution in [2.24, 2.45) is 0 Å². The number of halogens is 3. The summed E-state index contributed by atoms with van der Waals surface area (Å²) in [5.74, 6) is -1.07. The number of carbonyl (C=O) groups excluding carboxylic acids is 3. The van der Waals surface area contributed by atoms with Crippen LogP contribution < -0.4 is 15.0 Å². The van der Waals surface area contributed by atoms with Gasteiger partial charge in [-0.1, -0.05) is 12.1 Å². The minimum absolute atomic E-state index is 0.0746. The minimum atomic E-state index is -4.48. The highest BCUT2D eigenvalue weighted by molar-refractivity contribution is 6.34. The van der Waals surface area contributed by atoms with Gasteiger partial charge in [0.25, 0.3) is 17.7 Å². The standard InChI is InChI=1S/C25H19F3N2O4/c1-2-34-19-9-7-18(8-10-19)30-23(32)20-11-6-16(13-21(20)24(30)33)22(31)29-14-15-4-3-5-17(12-15)25(26,27)28/h3-13H,2,14H2,1H3,(H,29,31). The van der Waals surface area contributed by atoms with E-state index in [1.807, 2.05) is 6.92 Å². The summed E-state index contributed by atoms with van der Waals surface area (Å²) < 4.78 is 44.0. The van der Waals surface area contributed by atoms with Crippen LogP contribution in [0.4, 0.5) is 18.9 Å². The molecule has 0 bridgehead atoms. The van der Waals surface area contributed by atoms with Crippen molar-refractivity contribution in [3.63, 3.8) is 0 Å². The van der Waals surface area contributed by atoms with Gasteiger partial charge >= 0.3 is 6.18 Å². The van der Waals surface area contributed by atoms with Gasteiger partial charge in [-0.3, -0.25) is 14.4 Å². The van der Waals surface area contributed by atoms with Gasteiger partial charge in [0.1, 0.15) is 5.75 Å². The third-order valence-corrected chi connectivity index (χ3v) is 5.26. The summed E-state index contributed by atoms with van der Waals surface area (Å²) in [7, 11) is 0. The molecular weight excluding hydrogens is 449 g/mol. The molecule has 0 aromatic heterocycles. The molecule has 9 heteroatoms. The first-order valence-electron chi connectivity index (χ1n) is 10.4. The molecule has 3 aromatic rings. The van der Waals surface area contributed by atoms with Gasteiger partial charge in [0.15, 0.2) is 0 Å². The van der Waals surface area contributed by atoms with Crippen molar-refractivity contribution >= 4 is 23.4 Å². The molecule has 0 unspecified atom stereocenters. The fourth-order valence-corrected chi connectivity index (χ4v) is 3.62. The predicted molar refractivity (Wildman–Crippen MR) is 118 cm³/mol. The van der Waals surface area contributed by atoms with E-state index in [0.717, 1.165) is 17.0 Å². The number of anilines is 1. The summed E-state index contributed by atoms with van der Waals surface area (Å²) in [5, 5.41) is 2.54. The Hall–Kier alpha value is -4.14. The lowest BCUT2D eigenvalue weighted by atomic mass is 10.1. The van der Waals surface area contributed by atoms with E-state index in [1.165, 1.54) is 30.3 Å². The number of nitrogens with zero attached hydrogens (tertiary/aromatic N) is 1. The number of benzene rings is 3. The molecule has 0 saturated carbocycles. The number of alkyl halides is 3. The quantitative estimate of drug-likeness (QED) is 0.526. The normalized spacial score (nSPS) is 13.1. The van der Waals surface area contributed by atoms with Crippen molar-refractivity contribution < 1.29 is 32.3 Å². The molecule has 3 aromatic carbocycles. The molecule has 1 N–H and O–H groups in total. The maximum absolute atomic E-state index is 12.9. The van der Waals surface area contributed by atoms with Crippen LogP contribution in [0.3, 0.4) is 0 Å². The summed E-state index contributed by atoms with van der Waals surface area (Å²) >= 11 is 0. The molecule has 0 aliphatic carbocycles. The van der Waals surface area contributed by atoms with Crippen molar-refractivity contribution in [1.29, 1.82) is 0 Å². The van der Waals surface area contributed by atoms with Crippen LogP contribution in [0.2, 0.25) is 0 Å². The van der Waals surface area contributed by atoms with Crippen LogP contribution in [0.1, 0.15) is 49.1 Å². The Balaban J connectivity index is 1.50. The van der Waals surface area contributed by atoms with Gasteiger partial charge in [-0.2, -0.15) is 13.2 Å². The average Bonchev–Trinajstić information content (AvgIpc) is 3.07. The molecule has 6 nitrogen and oxygen atoms in total. The zero-order valence-electron chi connectivity index (χ0n) is 18.0. The number of imide groups is 1. The smallest absolute Gasteiger partial charge is 0.416 e. The highest BCUT2D eigenvalue weighted by Crippen LogP contribution is 2.31. The number of fused-ring (bicyclic) bond motifs is 1. The Bertz CT molecular complexity index is 1270. The minimum Gasteiger partial charge on any atom is -0.494 e. The first-order valence-corrected chi connectivity index (χ1v) is 10.4. The summed E-state index contributed by atoms with van der Waals surface area (Å²) in [6.45, 7) is 2.18. The monoisotopic (exact) mass is 468 g/mol. The fourth-order valence-electron chi connectivity index (χ4n) is 3.62. The Morgan fingerprint density at radius 1 is 0.941 bits per heavy atom. The molecule has 0 fully saturated rings. The van der Waals surface area contributed by atoms with E-state index in [1.54, 1.807) is 24.3 Å². The second kappa shape index (κ2) is 9.01. The first kappa shape index (κ1) is 23.0. The van der Waals surface area contributed by atoms with Gasteiger partial charge in [-0.15, -0.1) is 0 Å². The molecule has 0 saturated heterocycles. The molecule has 0 radical (unpaired) electrons. The molecule has 1 heterocycles. The van der Waals surface area contributed by atoms with E-state index in [0.29, 0.717) is 18.0 Å². The van der Waals surface area contributed by atoms with Crippen LogP contribution in [0.15, 0.2) is 66.7 Å². The van der Waals surface area contributed by atoms with Gasteiger partial charge in [0, 0.05) is 12.1 Å². The predicted octanol–water partition coefficient (Wildman–Crippen LogP) is 4.83. The van der Waals surface area contributed by atoms with E-state index >= 15 is 0 Å². The van der Waals surface area contributed by atoms with Crippen molar-refractivity contribution in [2.75, 3.05) is 11.5 Å². The molecule has 0 spiro atoms. The van der Waals surface area contributed by atoms with Crippen LogP contribution in [0.5, 0.6) is 5.75 Å². The lowest BCUT2D eigenvalue weighted by Gasteiger charge is -2.14. The zero-order chi connectivity index (χ0) is 24.5. The molecule has 0 atom stereocenters. The Morgan fingerprint density at radius 2 is 1.65 bits per heavy atom. The van der Waals surface area contributed by atoms with Crippen LogP contribution in [0.25, 0.3) is 0 Å². The third-order valence-electron chi connectivity index (χ3n) is 5.26. The zero-order valence-corrected chi connectivity index (χ0v) is 18.0. The molecule has 1 aliphatic heterocycles. The molecule has 1 aliphatic rings. The van der Waals surface area contributed by atoms with Gasteiger partial charge in [0.05, 0.1) is 29.0 Å². The molecule has 34 heavy (non-hydrogen) atoms. The summed E-state index contributed by atoms with van der Waals surface area (Å²) in [4.78, 5) is 39.3. The maximum atomic E-state index is 12.9. The summed E-state index contributed by atoms with van der Waals surface area (Å²) in [5.41, 5.74) is 0.178. The van der Waals surface area contributed by atoms with Crippen LogP contribution in [0, 0.1) is 0 Å². The highest BCUT2D eigenvalue weighted by Gasteiger charge is 2.37. The number of hydrogen-bond acceptors (Lipinski definition) is 4. The molecule has 4 rings (SSSR count). The summed E-state index contributed by atoms with van der Waals surface area (Å²) in [6.07, 6.45) is -4.48. The van der Waals surface area contributed by atoms with Crippen molar-refractivity contribution in [3.05, 3.63) is 94.5 Å². The Labute approximate surface area is 192 Å². The van der Waals surface area contributed by atoms with E-state index in [-0.39, 0.29) is 28.8 Å². The van der Waals surface area contributed by atoms with Crippen LogP contribution in [-0.2, 0) is 12.7 Å². The number of ether oxygens (including phenoxy) is 1. The lowest BCUT2D eigenvalue weighted by Crippen LogP contribution is -2.29. The van der Waals surface area contributed by atoms with E-state index < -0.39 is 29.5 Å². The van der Waals surface area contributed by atoms with Crippen molar-refractivity contribution in [1.82, 2.24) is 5.32 Å². The van der Waals surface area contributed by atoms with Crippen molar-refractivity contribution in [2.45, 2.75) is 19.6 Å². The number of rotatable bonds is 6. The molecular formula is C25H19F3N2O4. The first-order chi connectivity index (χ1) is 16.2.